The van der Waals surface area contributed by atoms with Gasteiger partial charge in [-0.1, -0.05) is 55.0 Å². The largest absolute Gasteiger partial charge is 0.461 e. The maximum atomic E-state index is 12.2. The third kappa shape index (κ3) is 4.89. The summed E-state index contributed by atoms with van der Waals surface area (Å²) in [4.78, 5) is 28.9. The molecule has 128 valence electrons. The van der Waals surface area contributed by atoms with Crippen LogP contribution in [0.5, 0.6) is 0 Å². The zero-order chi connectivity index (χ0) is 17.7. The molecular weight excluding hydrogens is 324 g/mol. The predicted octanol–water partition coefficient (Wildman–Crippen LogP) is 3.87. The standard InChI is InChI=1S/C18H22N2O3S/c1-11(2)10-23-17(22)16-13(4)20-18(24-16)19-9-15(21)14-7-5-12(3)6-8-14/h5-8,11H,9-10H2,1-4H3,(H,19,20). The first-order valence-corrected chi connectivity index (χ1v) is 8.66. The van der Waals surface area contributed by atoms with Crippen LogP contribution in [0.4, 0.5) is 5.13 Å². The van der Waals surface area contributed by atoms with Crippen LogP contribution >= 0.6 is 11.3 Å². The van der Waals surface area contributed by atoms with E-state index >= 15 is 0 Å². The van der Waals surface area contributed by atoms with Gasteiger partial charge in [0.15, 0.2) is 10.9 Å². The average Bonchev–Trinajstić information content (AvgIpc) is 2.92. The van der Waals surface area contributed by atoms with Crippen molar-refractivity contribution in [2.45, 2.75) is 27.7 Å². The highest BCUT2D eigenvalue weighted by molar-refractivity contribution is 7.17. The average molecular weight is 346 g/mol. The van der Waals surface area contributed by atoms with Crippen LogP contribution in [-0.2, 0) is 4.74 Å². The fourth-order valence-electron chi connectivity index (χ4n) is 1.97. The van der Waals surface area contributed by atoms with Crippen LogP contribution in [0, 0.1) is 19.8 Å². The molecule has 0 aliphatic heterocycles. The first kappa shape index (κ1) is 18.1. The molecule has 5 nitrogen and oxygen atoms in total. The minimum absolute atomic E-state index is 0.0215. The molecule has 0 aliphatic rings. The molecule has 0 atom stereocenters. The van der Waals surface area contributed by atoms with E-state index in [0.717, 1.165) is 5.56 Å². The highest BCUT2D eigenvalue weighted by Gasteiger charge is 2.17. The normalized spacial score (nSPS) is 10.7. The van der Waals surface area contributed by atoms with Gasteiger partial charge >= 0.3 is 5.97 Å². The van der Waals surface area contributed by atoms with Gasteiger partial charge in [-0.05, 0) is 19.8 Å². The van der Waals surface area contributed by atoms with Gasteiger partial charge in [0, 0.05) is 5.56 Å². The number of nitrogens with one attached hydrogen (secondary N) is 1. The van der Waals surface area contributed by atoms with E-state index in [9.17, 15) is 9.59 Å². The quantitative estimate of drug-likeness (QED) is 0.609. The monoisotopic (exact) mass is 346 g/mol. The SMILES string of the molecule is Cc1ccc(C(=O)CNc2nc(C)c(C(=O)OCC(C)C)s2)cc1. The Labute approximate surface area is 146 Å². The summed E-state index contributed by atoms with van der Waals surface area (Å²) in [6, 6.07) is 7.43. The lowest BCUT2D eigenvalue weighted by atomic mass is 10.1. The van der Waals surface area contributed by atoms with Crippen LogP contribution in [0.1, 0.15) is 45.1 Å². The number of hydrogen-bond acceptors (Lipinski definition) is 6. The van der Waals surface area contributed by atoms with Crippen molar-refractivity contribution in [3.8, 4) is 0 Å². The number of carbonyl (C=O) groups excluding carboxylic acids is 2. The van der Waals surface area contributed by atoms with Gasteiger partial charge in [-0.15, -0.1) is 0 Å². The lowest BCUT2D eigenvalue weighted by Gasteiger charge is -2.05. The van der Waals surface area contributed by atoms with Gasteiger partial charge < -0.3 is 10.1 Å². The van der Waals surface area contributed by atoms with E-state index in [4.69, 9.17) is 4.74 Å². The summed E-state index contributed by atoms with van der Waals surface area (Å²) >= 11 is 1.21. The van der Waals surface area contributed by atoms with Crippen molar-refractivity contribution in [3.63, 3.8) is 0 Å². The molecule has 0 radical (unpaired) electrons. The fourth-order valence-corrected chi connectivity index (χ4v) is 2.82. The summed E-state index contributed by atoms with van der Waals surface area (Å²) in [6.07, 6.45) is 0. The number of aromatic nitrogens is 1. The number of aryl methyl sites for hydroxylation is 2. The first-order chi connectivity index (χ1) is 11.4. The van der Waals surface area contributed by atoms with Crippen LogP contribution in [0.15, 0.2) is 24.3 Å². The maximum absolute atomic E-state index is 12.2. The van der Waals surface area contributed by atoms with E-state index in [1.54, 1.807) is 19.1 Å². The number of anilines is 1. The molecule has 6 heteroatoms. The van der Waals surface area contributed by atoms with Crippen molar-refractivity contribution < 1.29 is 14.3 Å². The van der Waals surface area contributed by atoms with E-state index in [0.29, 0.717) is 27.9 Å². The Kier molecular flexibility index (Phi) is 6.09. The number of benzene rings is 1. The lowest BCUT2D eigenvalue weighted by molar-refractivity contribution is 0.0463. The van der Waals surface area contributed by atoms with Crippen molar-refractivity contribution >= 4 is 28.2 Å². The topological polar surface area (TPSA) is 68.3 Å². The van der Waals surface area contributed by atoms with Crippen molar-refractivity contribution in [2.75, 3.05) is 18.5 Å². The summed E-state index contributed by atoms with van der Waals surface area (Å²) in [7, 11) is 0. The van der Waals surface area contributed by atoms with Gasteiger partial charge in [0.1, 0.15) is 4.88 Å². The summed E-state index contributed by atoms with van der Waals surface area (Å²) < 4.78 is 5.23. The molecule has 0 spiro atoms. The first-order valence-electron chi connectivity index (χ1n) is 7.85. The van der Waals surface area contributed by atoms with Gasteiger partial charge in [-0.3, -0.25) is 4.79 Å². The molecule has 0 fully saturated rings. The van der Waals surface area contributed by atoms with E-state index in [-0.39, 0.29) is 24.2 Å². The van der Waals surface area contributed by atoms with Crippen molar-refractivity contribution in [2.24, 2.45) is 5.92 Å². The number of rotatable bonds is 7. The Morgan fingerprint density at radius 1 is 1.21 bits per heavy atom. The number of ketones is 1. The van der Waals surface area contributed by atoms with E-state index < -0.39 is 0 Å². The van der Waals surface area contributed by atoms with Gasteiger partial charge in [-0.25, -0.2) is 9.78 Å². The van der Waals surface area contributed by atoms with E-state index in [2.05, 4.69) is 10.3 Å². The number of nitrogens with zero attached hydrogens (tertiary/aromatic N) is 1. The van der Waals surface area contributed by atoms with Crippen molar-refractivity contribution in [1.82, 2.24) is 4.98 Å². The van der Waals surface area contributed by atoms with E-state index in [1.165, 1.54) is 11.3 Å². The predicted molar refractivity (Wildman–Crippen MR) is 96.0 cm³/mol. The van der Waals surface area contributed by atoms with Gasteiger partial charge in [-0.2, -0.15) is 0 Å². The molecule has 1 N–H and O–H groups in total. The van der Waals surface area contributed by atoms with Crippen LogP contribution in [0.2, 0.25) is 0 Å². The Balaban J connectivity index is 1.96. The number of esters is 1. The molecule has 0 unspecified atom stereocenters. The molecule has 2 rings (SSSR count). The van der Waals surface area contributed by atoms with Crippen LogP contribution < -0.4 is 5.32 Å². The third-order valence-corrected chi connectivity index (χ3v) is 4.40. The summed E-state index contributed by atoms with van der Waals surface area (Å²) in [5.41, 5.74) is 2.37. The van der Waals surface area contributed by atoms with E-state index in [1.807, 2.05) is 32.9 Å². The van der Waals surface area contributed by atoms with Crippen molar-refractivity contribution in [3.05, 3.63) is 46.0 Å². The zero-order valence-corrected chi connectivity index (χ0v) is 15.2. The number of carbonyl (C=O) groups is 2. The van der Waals surface area contributed by atoms with Crippen LogP contribution in [-0.4, -0.2) is 29.9 Å². The molecule has 0 bridgehead atoms. The summed E-state index contributed by atoms with van der Waals surface area (Å²) in [5, 5.41) is 3.53. The number of hydrogen-bond donors (Lipinski definition) is 1. The van der Waals surface area contributed by atoms with Crippen LogP contribution in [0.3, 0.4) is 0 Å². The molecule has 24 heavy (non-hydrogen) atoms. The minimum Gasteiger partial charge on any atom is -0.461 e. The fraction of sp³-hybridized carbons (Fsp3) is 0.389. The summed E-state index contributed by atoms with van der Waals surface area (Å²) in [6.45, 7) is 8.22. The highest BCUT2D eigenvalue weighted by atomic mass is 32.1. The molecule has 0 aliphatic carbocycles. The second-order valence-electron chi connectivity index (χ2n) is 6.07. The second-order valence-corrected chi connectivity index (χ2v) is 7.07. The van der Waals surface area contributed by atoms with Gasteiger partial charge in [0.25, 0.3) is 0 Å². The minimum atomic E-state index is -0.364. The maximum Gasteiger partial charge on any atom is 0.350 e. The Morgan fingerprint density at radius 2 is 1.88 bits per heavy atom. The lowest BCUT2D eigenvalue weighted by Crippen LogP contribution is -2.13. The molecular formula is C18H22N2O3S. The van der Waals surface area contributed by atoms with Gasteiger partial charge in [0.05, 0.1) is 18.8 Å². The van der Waals surface area contributed by atoms with Crippen LogP contribution in [0.25, 0.3) is 0 Å². The molecule has 2 aromatic rings. The highest BCUT2D eigenvalue weighted by Crippen LogP contribution is 2.23. The van der Waals surface area contributed by atoms with Crippen molar-refractivity contribution in [1.29, 1.82) is 0 Å². The molecule has 1 aromatic carbocycles. The Bertz CT molecular complexity index is 720. The molecule has 0 saturated heterocycles. The summed E-state index contributed by atoms with van der Waals surface area (Å²) in [5.74, 6) is -0.102. The number of thiazole rings is 1. The number of Topliss-reactive ketones (excluding diaryl/α,β-unsaturated/α-hetero) is 1. The Morgan fingerprint density at radius 3 is 2.50 bits per heavy atom. The zero-order valence-electron chi connectivity index (χ0n) is 14.4. The molecule has 0 saturated carbocycles. The Hall–Kier alpha value is -2.21. The molecule has 0 amide bonds. The smallest absolute Gasteiger partial charge is 0.350 e. The molecule has 1 aromatic heterocycles. The van der Waals surface area contributed by atoms with Gasteiger partial charge in [0.2, 0.25) is 0 Å². The molecule has 1 heterocycles. The third-order valence-electron chi connectivity index (χ3n) is 3.30. The number of ether oxygens (including phenoxy) is 1. The second kappa shape index (κ2) is 8.06.